The normalized spacial score (nSPS) is 14.2. The molecular formula is C10H13NO5. The van der Waals surface area contributed by atoms with Crippen LogP contribution in [-0.2, 0) is 9.53 Å². The fraction of sp³-hybridized carbons (Fsp3) is 0.300. The molecule has 0 aromatic heterocycles. The molecule has 16 heavy (non-hydrogen) atoms. The predicted molar refractivity (Wildman–Crippen MR) is 55.5 cm³/mol. The van der Waals surface area contributed by atoms with Gasteiger partial charge < -0.3 is 25.8 Å². The molecule has 0 aliphatic carbocycles. The molecule has 0 heterocycles. The molecule has 0 fully saturated rings. The number of hydrogen-bond acceptors (Lipinski definition) is 6. The maximum atomic E-state index is 11.0. The van der Waals surface area contributed by atoms with Crippen LogP contribution < -0.4 is 5.73 Å². The van der Waals surface area contributed by atoms with Crippen LogP contribution in [0.5, 0.6) is 5.75 Å². The average Bonchev–Trinajstić information content (AvgIpc) is 2.29. The van der Waals surface area contributed by atoms with Gasteiger partial charge in [-0.2, -0.15) is 0 Å². The van der Waals surface area contributed by atoms with Gasteiger partial charge in [0.05, 0.1) is 12.8 Å². The molecule has 0 spiro atoms. The lowest BCUT2D eigenvalue weighted by atomic mass is 10.0. The molecule has 2 unspecified atom stereocenters. The van der Waals surface area contributed by atoms with Crippen molar-refractivity contribution in [3.8, 4) is 5.75 Å². The summed E-state index contributed by atoms with van der Waals surface area (Å²) in [7, 11) is 1.10. The van der Waals surface area contributed by atoms with Gasteiger partial charge >= 0.3 is 5.97 Å². The van der Waals surface area contributed by atoms with E-state index in [0.29, 0.717) is 0 Å². The summed E-state index contributed by atoms with van der Waals surface area (Å²) in [5.74, 6) is -1.18. The molecule has 1 aromatic rings. The van der Waals surface area contributed by atoms with Crippen LogP contribution in [0.1, 0.15) is 11.7 Å². The van der Waals surface area contributed by atoms with Crippen LogP contribution in [0, 0.1) is 0 Å². The summed E-state index contributed by atoms with van der Waals surface area (Å²) >= 11 is 0. The van der Waals surface area contributed by atoms with Crippen molar-refractivity contribution >= 4 is 11.7 Å². The Hall–Kier alpha value is -1.79. The molecule has 0 aliphatic heterocycles. The number of aromatic hydroxyl groups is 1. The summed E-state index contributed by atoms with van der Waals surface area (Å²) in [6.45, 7) is 0. The van der Waals surface area contributed by atoms with E-state index in [9.17, 15) is 20.1 Å². The molecule has 1 aromatic carbocycles. The van der Waals surface area contributed by atoms with E-state index in [0.717, 1.165) is 7.11 Å². The highest BCUT2D eigenvalue weighted by atomic mass is 16.5. The molecule has 0 radical (unpaired) electrons. The first-order chi connectivity index (χ1) is 7.47. The van der Waals surface area contributed by atoms with E-state index in [-0.39, 0.29) is 17.0 Å². The highest BCUT2D eigenvalue weighted by Crippen LogP contribution is 2.26. The molecule has 5 N–H and O–H groups in total. The number of phenolic OH excluding ortho intramolecular Hbond substituents is 1. The number of nitrogens with two attached hydrogens (primary N) is 1. The molecule has 0 aliphatic rings. The average molecular weight is 227 g/mol. The van der Waals surface area contributed by atoms with E-state index < -0.39 is 18.2 Å². The molecule has 0 amide bonds. The SMILES string of the molecule is COC(=O)C(O)C(O)c1ccc(N)c(O)c1. The minimum absolute atomic E-state index is 0.142. The van der Waals surface area contributed by atoms with Gasteiger partial charge in [-0.15, -0.1) is 0 Å². The van der Waals surface area contributed by atoms with E-state index in [1.54, 1.807) is 0 Å². The Balaban J connectivity index is 2.91. The third-order valence-corrected chi connectivity index (χ3v) is 2.14. The lowest BCUT2D eigenvalue weighted by Gasteiger charge is -2.16. The summed E-state index contributed by atoms with van der Waals surface area (Å²) in [5.41, 5.74) is 5.68. The second-order valence-corrected chi connectivity index (χ2v) is 3.23. The zero-order valence-corrected chi connectivity index (χ0v) is 8.62. The van der Waals surface area contributed by atoms with E-state index in [1.165, 1.54) is 18.2 Å². The highest BCUT2D eigenvalue weighted by molar-refractivity contribution is 5.75. The lowest BCUT2D eigenvalue weighted by Crippen LogP contribution is -2.29. The minimum atomic E-state index is -1.70. The Morgan fingerprint density at radius 1 is 1.44 bits per heavy atom. The Morgan fingerprint density at radius 3 is 2.56 bits per heavy atom. The maximum absolute atomic E-state index is 11.0. The lowest BCUT2D eigenvalue weighted by molar-refractivity contribution is -0.156. The van der Waals surface area contributed by atoms with Crippen LogP contribution in [0.2, 0.25) is 0 Å². The van der Waals surface area contributed by atoms with E-state index in [1.807, 2.05) is 0 Å². The monoisotopic (exact) mass is 227 g/mol. The van der Waals surface area contributed by atoms with Crippen molar-refractivity contribution in [1.82, 2.24) is 0 Å². The quantitative estimate of drug-likeness (QED) is 0.316. The van der Waals surface area contributed by atoms with Gasteiger partial charge in [-0.3, -0.25) is 0 Å². The van der Waals surface area contributed by atoms with Gasteiger partial charge in [-0.05, 0) is 17.7 Å². The third kappa shape index (κ3) is 2.41. The van der Waals surface area contributed by atoms with Gasteiger partial charge in [-0.25, -0.2) is 4.79 Å². The van der Waals surface area contributed by atoms with Gasteiger partial charge in [-0.1, -0.05) is 6.07 Å². The van der Waals surface area contributed by atoms with Crippen molar-refractivity contribution in [2.75, 3.05) is 12.8 Å². The Kier molecular flexibility index (Phi) is 3.70. The van der Waals surface area contributed by atoms with Crippen molar-refractivity contribution in [2.45, 2.75) is 12.2 Å². The number of carbonyl (C=O) groups excluding carboxylic acids is 1. The second kappa shape index (κ2) is 4.82. The number of nitrogen functional groups attached to an aromatic ring is 1. The molecule has 0 saturated carbocycles. The number of benzene rings is 1. The number of rotatable bonds is 3. The Labute approximate surface area is 91.9 Å². The second-order valence-electron chi connectivity index (χ2n) is 3.23. The van der Waals surface area contributed by atoms with Crippen molar-refractivity contribution in [3.05, 3.63) is 23.8 Å². The fourth-order valence-corrected chi connectivity index (χ4v) is 1.18. The summed E-state index contributed by atoms with van der Waals surface area (Å²) in [4.78, 5) is 11.0. The molecule has 6 nitrogen and oxygen atoms in total. The molecule has 1 rings (SSSR count). The minimum Gasteiger partial charge on any atom is -0.506 e. The number of phenols is 1. The third-order valence-electron chi connectivity index (χ3n) is 2.14. The van der Waals surface area contributed by atoms with Crippen molar-refractivity contribution < 1.29 is 24.9 Å². The number of ether oxygens (including phenoxy) is 1. The fourth-order valence-electron chi connectivity index (χ4n) is 1.18. The van der Waals surface area contributed by atoms with Gasteiger partial charge in [0.25, 0.3) is 0 Å². The standard InChI is InChI=1S/C10H13NO5/c1-16-10(15)9(14)8(13)5-2-3-6(11)7(12)4-5/h2-4,8-9,12-14H,11H2,1H3. The van der Waals surface area contributed by atoms with Gasteiger partial charge in [0.15, 0.2) is 6.10 Å². The van der Waals surface area contributed by atoms with Gasteiger partial charge in [0.2, 0.25) is 0 Å². The van der Waals surface area contributed by atoms with Crippen LogP contribution in [0.25, 0.3) is 0 Å². The number of aliphatic hydroxyl groups excluding tert-OH is 2. The molecule has 0 bridgehead atoms. The van der Waals surface area contributed by atoms with Crippen LogP contribution in [0.4, 0.5) is 5.69 Å². The van der Waals surface area contributed by atoms with Crippen molar-refractivity contribution in [3.63, 3.8) is 0 Å². The highest BCUT2D eigenvalue weighted by Gasteiger charge is 2.26. The van der Waals surface area contributed by atoms with Crippen LogP contribution in [-0.4, -0.2) is 34.5 Å². The van der Waals surface area contributed by atoms with E-state index in [4.69, 9.17) is 5.73 Å². The predicted octanol–water partition coefficient (Wildman–Crippen LogP) is -0.458. The Bertz CT molecular complexity index is 393. The van der Waals surface area contributed by atoms with Crippen LogP contribution in [0.15, 0.2) is 18.2 Å². The molecule has 0 saturated heterocycles. The molecular weight excluding hydrogens is 214 g/mol. The Morgan fingerprint density at radius 2 is 2.06 bits per heavy atom. The van der Waals surface area contributed by atoms with Crippen LogP contribution in [0.3, 0.4) is 0 Å². The van der Waals surface area contributed by atoms with Crippen molar-refractivity contribution in [2.24, 2.45) is 0 Å². The summed E-state index contributed by atoms with van der Waals surface area (Å²) in [6, 6.07) is 3.93. The smallest absolute Gasteiger partial charge is 0.337 e. The van der Waals surface area contributed by atoms with E-state index in [2.05, 4.69) is 4.74 Å². The first kappa shape index (κ1) is 12.3. The number of carbonyl (C=O) groups is 1. The van der Waals surface area contributed by atoms with Gasteiger partial charge in [0, 0.05) is 0 Å². The van der Waals surface area contributed by atoms with Crippen LogP contribution >= 0.6 is 0 Å². The summed E-state index contributed by atoms with van der Waals surface area (Å²) in [5, 5.41) is 28.3. The summed E-state index contributed by atoms with van der Waals surface area (Å²) in [6.07, 6.45) is -3.17. The van der Waals surface area contributed by atoms with Gasteiger partial charge in [0.1, 0.15) is 11.9 Å². The first-order valence-corrected chi connectivity index (χ1v) is 4.49. The molecule has 6 heteroatoms. The zero-order chi connectivity index (χ0) is 12.3. The largest absolute Gasteiger partial charge is 0.506 e. The number of aliphatic hydroxyl groups is 2. The zero-order valence-electron chi connectivity index (χ0n) is 8.62. The number of methoxy groups -OCH3 is 1. The molecule has 2 atom stereocenters. The van der Waals surface area contributed by atoms with E-state index >= 15 is 0 Å². The number of esters is 1. The molecule has 88 valence electrons. The maximum Gasteiger partial charge on any atom is 0.337 e. The topological polar surface area (TPSA) is 113 Å². The first-order valence-electron chi connectivity index (χ1n) is 4.49. The number of anilines is 1. The van der Waals surface area contributed by atoms with Crippen molar-refractivity contribution in [1.29, 1.82) is 0 Å². The summed E-state index contributed by atoms with van der Waals surface area (Å²) < 4.78 is 4.27. The number of hydrogen-bond donors (Lipinski definition) is 4.